The van der Waals surface area contributed by atoms with Crippen LogP contribution in [0.1, 0.15) is 0 Å². The number of rotatable bonds is 4. The van der Waals surface area contributed by atoms with E-state index < -0.39 is 0 Å². The van der Waals surface area contributed by atoms with Crippen molar-refractivity contribution < 1.29 is 0 Å². The molecule has 0 fully saturated rings. The summed E-state index contributed by atoms with van der Waals surface area (Å²) in [7, 11) is 0. The predicted molar refractivity (Wildman–Crippen MR) is 181 cm³/mol. The van der Waals surface area contributed by atoms with Gasteiger partial charge in [0.1, 0.15) is 0 Å². The first-order valence-corrected chi connectivity index (χ1v) is 14.5. The van der Waals surface area contributed by atoms with Gasteiger partial charge >= 0.3 is 0 Å². The summed E-state index contributed by atoms with van der Waals surface area (Å²) in [4.78, 5) is 0. The molecule has 8 aromatic carbocycles. The first-order chi connectivity index (χ1) is 20.8. The van der Waals surface area contributed by atoms with Crippen molar-refractivity contribution in [3.8, 4) is 44.5 Å². The van der Waals surface area contributed by atoms with Gasteiger partial charge in [0.15, 0.2) is 0 Å². The Hall–Kier alpha value is -5.46. The van der Waals surface area contributed by atoms with Crippen LogP contribution < -0.4 is 0 Å². The normalized spacial score (nSPS) is 11.3. The lowest BCUT2D eigenvalue weighted by atomic mass is 9.83. The van der Waals surface area contributed by atoms with E-state index in [1.807, 2.05) is 0 Å². The van der Waals surface area contributed by atoms with Gasteiger partial charge in [-0.05, 0) is 82.9 Å². The van der Waals surface area contributed by atoms with Crippen molar-refractivity contribution in [2.45, 2.75) is 0 Å². The zero-order valence-electron chi connectivity index (χ0n) is 23.2. The van der Waals surface area contributed by atoms with Crippen molar-refractivity contribution in [3.63, 3.8) is 0 Å². The Balaban J connectivity index is 1.38. The maximum atomic E-state index is 2.34. The van der Waals surface area contributed by atoms with Gasteiger partial charge in [-0.25, -0.2) is 0 Å². The van der Waals surface area contributed by atoms with Gasteiger partial charge in [-0.1, -0.05) is 164 Å². The summed E-state index contributed by atoms with van der Waals surface area (Å²) < 4.78 is 0. The standard InChI is InChI=1S/C42H28/c1-2-12-29(13-3-1)31-22-25-32(26-23-31)35-16-6-7-17-36(35)42-39-20-10-8-18-37(39)41(38-19-9-11-21-40(38)42)34-27-24-30-14-4-5-15-33(30)28-34/h1-28H. The molecule has 0 aromatic heterocycles. The molecule has 0 bridgehead atoms. The molecule has 0 N–H and O–H groups in total. The molecule has 196 valence electrons. The van der Waals surface area contributed by atoms with Crippen LogP contribution in [0.2, 0.25) is 0 Å². The third-order valence-corrected chi connectivity index (χ3v) is 8.47. The molecule has 0 unspecified atom stereocenters. The van der Waals surface area contributed by atoms with E-state index >= 15 is 0 Å². The zero-order valence-corrected chi connectivity index (χ0v) is 23.2. The average molecular weight is 533 g/mol. The van der Waals surface area contributed by atoms with E-state index in [1.165, 1.54) is 76.8 Å². The van der Waals surface area contributed by atoms with Crippen molar-refractivity contribution in [1.29, 1.82) is 0 Å². The molecule has 0 amide bonds. The average Bonchev–Trinajstić information content (AvgIpc) is 3.07. The Morgan fingerprint density at radius 3 is 1.36 bits per heavy atom. The molecule has 0 radical (unpaired) electrons. The second-order valence-electron chi connectivity index (χ2n) is 10.9. The van der Waals surface area contributed by atoms with E-state index in [9.17, 15) is 0 Å². The van der Waals surface area contributed by atoms with Crippen LogP contribution in [-0.2, 0) is 0 Å². The molecule has 0 aliphatic carbocycles. The monoisotopic (exact) mass is 532 g/mol. The van der Waals surface area contributed by atoms with Gasteiger partial charge < -0.3 is 0 Å². The Morgan fingerprint density at radius 2 is 0.690 bits per heavy atom. The molecule has 0 heterocycles. The van der Waals surface area contributed by atoms with Gasteiger partial charge in [-0.2, -0.15) is 0 Å². The Kier molecular flexibility index (Phi) is 5.90. The van der Waals surface area contributed by atoms with Crippen LogP contribution in [0.15, 0.2) is 170 Å². The minimum absolute atomic E-state index is 1.22. The predicted octanol–water partition coefficient (Wildman–Crippen LogP) is 11.8. The molecule has 0 heteroatoms. The Bertz CT molecular complexity index is 2160. The lowest BCUT2D eigenvalue weighted by Crippen LogP contribution is -1.92. The smallest absolute Gasteiger partial charge is 0.00201 e. The van der Waals surface area contributed by atoms with Crippen LogP contribution in [0.3, 0.4) is 0 Å². The van der Waals surface area contributed by atoms with Gasteiger partial charge in [0.25, 0.3) is 0 Å². The SMILES string of the molecule is c1ccc(-c2ccc(-c3ccccc3-c3c4ccccc4c(-c4ccc5ccccc5c4)c4ccccc34)cc2)cc1. The molecule has 0 aliphatic rings. The van der Waals surface area contributed by atoms with Gasteiger partial charge in [-0.15, -0.1) is 0 Å². The van der Waals surface area contributed by atoms with Crippen LogP contribution in [0.5, 0.6) is 0 Å². The van der Waals surface area contributed by atoms with Gasteiger partial charge in [0.2, 0.25) is 0 Å². The van der Waals surface area contributed by atoms with Gasteiger partial charge in [-0.3, -0.25) is 0 Å². The zero-order chi connectivity index (χ0) is 27.9. The van der Waals surface area contributed by atoms with Crippen molar-refractivity contribution in [3.05, 3.63) is 170 Å². The molecule has 0 saturated carbocycles. The van der Waals surface area contributed by atoms with Crippen LogP contribution in [0.4, 0.5) is 0 Å². The van der Waals surface area contributed by atoms with Crippen molar-refractivity contribution in [2.24, 2.45) is 0 Å². The van der Waals surface area contributed by atoms with Crippen molar-refractivity contribution in [2.75, 3.05) is 0 Å². The number of fused-ring (bicyclic) bond motifs is 3. The molecular formula is C42H28. The summed E-state index contributed by atoms with van der Waals surface area (Å²) in [5.41, 5.74) is 10.0. The second kappa shape index (κ2) is 10.2. The summed E-state index contributed by atoms with van der Waals surface area (Å²) in [6, 6.07) is 61.7. The van der Waals surface area contributed by atoms with Gasteiger partial charge in [0.05, 0.1) is 0 Å². The summed E-state index contributed by atoms with van der Waals surface area (Å²) in [6.45, 7) is 0. The van der Waals surface area contributed by atoms with Crippen LogP contribution in [-0.4, -0.2) is 0 Å². The fraction of sp³-hybridized carbons (Fsp3) is 0. The van der Waals surface area contributed by atoms with Crippen LogP contribution in [0.25, 0.3) is 76.8 Å². The first kappa shape index (κ1) is 24.3. The topological polar surface area (TPSA) is 0 Å². The highest BCUT2D eigenvalue weighted by atomic mass is 14.2. The minimum atomic E-state index is 1.22. The summed E-state index contributed by atoms with van der Waals surface area (Å²) >= 11 is 0. The lowest BCUT2D eigenvalue weighted by molar-refractivity contribution is 1.58. The minimum Gasteiger partial charge on any atom is -0.0622 e. The van der Waals surface area contributed by atoms with E-state index in [-0.39, 0.29) is 0 Å². The highest BCUT2D eigenvalue weighted by molar-refractivity contribution is 6.22. The molecule has 8 rings (SSSR count). The highest BCUT2D eigenvalue weighted by Gasteiger charge is 2.18. The van der Waals surface area contributed by atoms with Crippen molar-refractivity contribution in [1.82, 2.24) is 0 Å². The molecule has 0 atom stereocenters. The number of hydrogen-bond acceptors (Lipinski definition) is 0. The quantitative estimate of drug-likeness (QED) is 0.198. The van der Waals surface area contributed by atoms with E-state index in [1.54, 1.807) is 0 Å². The molecule has 8 aromatic rings. The summed E-state index contributed by atoms with van der Waals surface area (Å²) in [6.07, 6.45) is 0. The highest BCUT2D eigenvalue weighted by Crippen LogP contribution is 2.46. The first-order valence-electron chi connectivity index (χ1n) is 14.5. The third kappa shape index (κ3) is 4.08. The largest absolute Gasteiger partial charge is 0.0622 e. The van der Waals surface area contributed by atoms with Gasteiger partial charge in [0, 0.05) is 0 Å². The van der Waals surface area contributed by atoms with Crippen molar-refractivity contribution >= 4 is 32.3 Å². The Morgan fingerprint density at radius 1 is 0.238 bits per heavy atom. The molecule has 0 saturated heterocycles. The molecule has 0 aliphatic heterocycles. The van der Waals surface area contributed by atoms with E-state index in [4.69, 9.17) is 0 Å². The van der Waals surface area contributed by atoms with Crippen LogP contribution >= 0.6 is 0 Å². The Labute approximate surface area is 246 Å². The fourth-order valence-corrected chi connectivity index (χ4v) is 6.50. The maximum absolute atomic E-state index is 2.34. The number of benzene rings is 8. The summed E-state index contributed by atoms with van der Waals surface area (Å²) in [5.74, 6) is 0. The molecule has 0 nitrogen and oxygen atoms in total. The molecule has 0 spiro atoms. The third-order valence-electron chi connectivity index (χ3n) is 8.47. The van der Waals surface area contributed by atoms with Crippen LogP contribution in [0, 0.1) is 0 Å². The summed E-state index contributed by atoms with van der Waals surface area (Å²) in [5, 5.41) is 7.61. The van der Waals surface area contributed by atoms with E-state index in [0.29, 0.717) is 0 Å². The van der Waals surface area contributed by atoms with E-state index in [0.717, 1.165) is 0 Å². The fourth-order valence-electron chi connectivity index (χ4n) is 6.50. The molecular weight excluding hydrogens is 504 g/mol. The lowest BCUT2D eigenvalue weighted by Gasteiger charge is -2.20. The molecule has 42 heavy (non-hydrogen) atoms. The maximum Gasteiger partial charge on any atom is -0.00201 e. The second-order valence-corrected chi connectivity index (χ2v) is 10.9. The number of hydrogen-bond donors (Lipinski definition) is 0. The van der Waals surface area contributed by atoms with E-state index in [2.05, 4.69) is 170 Å².